The smallest absolute Gasteiger partial charge is 0.141 e. The van der Waals surface area contributed by atoms with Gasteiger partial charge in [-0.1, -0.05) is 13.3 Å². The van der Waals surface area contributed by atoms with Crippen LogP contribution < -0.4 is 10.6 Å². The molecule has 0 aromatic carbocycles. The number of nitrogens with zero attached hydrogens (tertiary/aromatic N) is 2. The van der Waals surface area contributed by atoms with E-state index in [1.165, 1.54) is 6.21 Å². The molecule has 2 heterocycles. The van der Waals surface area contributed by atoms with E-state index in [0.29, 0.717) is 5.82 Å². The first kappa shape index (κ1) is 15.9. The Morgan fingerprint density at radius 3 is 2.59 bits per heavy atom. The maximum atomic E-state index is 7.72. The van der Waals surface area contributed by atoms with Gasteiger partial charge >= 0.3 is 0 Å². The summed E-state index contributed by atoms with van der Waals surface area (Å²) in [6, 6.07) is 1.91. The molecular weight excluding hydrogens is 274 g/mol. The molecule has 5 heteroatoms. The molecule has 116 valence electrons. The summed E-state index contributed by atoms with van der Waals surface area (Å²) in [6.07, 6.45) is 8.99. The molecule has 0 amide bonds. The first-order valence-corrected chi connectivity index (χ1v) is 7.59. The number of pyridine rings is 2. The predicted molar refractivity (Wildman–Crippen MR) is 92.5 cm³/mol. The summed E-state index contributed by atoms with van der Waals surface area (Å²) in [6.45, 7) is 7.08. The summed E-state index contributed by atoms with van der Waals surface area (Å²) in [4.78, 5) is 8.57. The van der Waals surface area contributed by atoms with Crippen LogP contribution in [0.15, 0.2) is 24.7 Å². The van der Waals surface area contributed by atoms with Crippen molar-refractivity contribution in [3.05, 3.63) is 41.3 Å². The fourth-order valence-electron chi connectivity index (χ4n) is 2.29. The Balaban J connectivity index is 2.31. The summed E-state index contributed by atoms with van der Waals surface area (Å²) in [5, 5.41) is 14.4. The van der Waals surface area contributed by atoms with E-state index in [1.807, 2.05) is 32.3 Å². The lowest BCUT2D eigenvalue weighted by molar-refractivity contribution is 0.834. The average molecular weight is 297 g/mol. The van der Waals surface area contributed by atoms with Gasteiger partial charge < -0.3 is 16.0 Å². The molecule has 0 spiro atoms. The molecule has 0 radical (unpaired) electrons. The predicted octanol–water partition coefficient (Wildman–Crippen LogP) is 4.05. The van der Waals surface area contributed by atoms with E-state index < -0.39 is 0 Å². The summed E-state index contributed by atoms with van der Waals surface area (Å²) >= 11 is 0. The molecule has 0 atom stereocenters. The summed E-state index contributed by atoms with van der Waals surface area (Å²) in [5.41, 5.74) is 4.82. The van der Waals surface area contributed by atoms with Crippen LogP contribution in [0.4, 0.5) is 17.2 Å². The van der Waals surface area contributed by atoms with E-state index in [-0.39, 0.29) is 0 Å². The normalized spacial score (nSPS) is 10.3. The highest BCUT2D eigenvalue weighted by atomic mass is 15.0. The maximum absolute atomic E-state index is 7.72. The molecule has 0 fully saturated rings. The van der Waals surface area contributed by atoms with Crippen molar-refractivity contribution in [3.63, 3.8) is 0 Å². The molecule has 2 aromatic rings. The van der Waals surface area contributed by atoms with Gasteiger partial charge in [-0.2, -0.15) is 0 Å². The van der Waals surface area contributed by atoms with Crippen LogP contribution in [0.2, 0.25) is 0 Å². The Morgan fingerprint density at radius 2 is 1.95 bits per heavy atom. The average Bonchev–Trinajstić information content (AvgIpc) is 2.51. The van der Waals surface area contributed by atoms with Crippen LogP contribution in [0.1, 0.15) is 36.5 Å². The largest absolute Gasteiger partial charge is 0.384 e. The molecule has 0 aliphatic heterocycles. The van der Waals surface area contributed by atoms with Crippen molar-refractivity contribution in [3.8, 4) is 0 Å². The minimum absolute atomic E-state index is 0.689. The zero-order chi connectivity index (χ0) is 15.9. The quantitative estimate of drug-likeness (QED) is 0.532. The van der Waals surface area contributed by atoms with Crippen molar-refractivity contribution < 1.29 is 0 Å². The lowest BCUT2D eigenvalue weighted by Gasteiger charge is -2.16. The van der Waals surface area contributed by atoms with Gasteiger partial charge in [0.15, 0.2) is 0 Å². The Bertz CT molecular complexity index is 631. The third kappa shape index (κ3) is 3.61. The van der Waals surface area contributed by atoms with Crippen molar-refractivity contribution in [2.24, 2.45) is 0 Å². The second-order valence-corrected chi connectivity index (χ2v) is 5.32. The van der Waals surface area contributed by atoms with Crippen LogP contribution in [-0.2, 0) is 0 Å². The first-order chi connectivity index (χ1) is 10.7. The number of hydrogen-bond donors (Lipinski definition) is 3. The van der Waals surface area contributed by atoms with Gasteiger partial charge in [0.2, 0.25) is 0 Å². The number of nitrogens with one attached hydrogen (secondary N) is 3. The van der Waals surface area contributed by atoms with Crippen LogP contribution >= 0.6 is 0 Å². The van der Waals surface area contributed by atoms with Gasteiger partial charge in [0.05, 0.1) is 5.56 Å². The van der Waals surface area contributed by atoms with E-state index in [9.17, 15) is 0 Å². The molecule has 2 aromatic heterocycles. The van der Waals surface area contributed by atoms with Gasteiger partial charge in [0, 0.05) is 42.7 Å². The Labute approximate surface area is 131 Å². The molecule has 0 saturated carbocycles. The Kier molecular flexibility index (Phi) is 5.47. The van der Waals surface area contributed by atoms with Gasteiger partial charge in [-0.25, -0.2) is 4.98 Å². The molecule has 0 aliphatic rings. The maximum Gasteiger partial charge on any atom is 0.141 e. The van der Waals surface area contributed by atoms with Crippen LogP contribution in [-0.4, -0.2) is 22.7 Å². The fourth-order valence-corrected chi connectivity index (χ4v) is 2.29. The summed E-state index contributed by atoms with van der Waals surface area (Å²) in [5.74, 6) is 0.689. The highest BCUT2D eigenvalue weighted by Gasteiger charge is 2.10. The second-order valence-electron chi connectivity index (χ2n) is 5.32. The van der Waals surface area contributed by atoms with Gasteiger partial charge in [-0.3, -0.25) is 4.98 Å². The minimum Gasteiger partial charge on any atom is -0.384 e. The van der Waals surface area contributed by atoms with Crippen molar-refractivity contribution in [2.75, 3.05) is 17.2 Å². The summed E-state index contributed by atoms with van der Waals surface area (Å²) in [7, 11) is 0. The van der Waals surface area contributed by atoms with Gasteiger partial charge in [0.25, 0.3) is 0 Å². The van der Waals surface area contributed by atoms with Crippen molar-refractivity contribution >= 4 is 23.4 Å². The summed E-state index contributed by atoms with van der Waals surface area (Å²) < 4.78 is 0. The molecule has 3 N–H and O–H groups in total. The number of anilines is 3. The minimum atomic E-state index is 0.689. The monoisotopic (exact) mass is 297 g/mol. The third-order valence-corrected chi connectivity index (χ3v) is 3.55. The van der Waals surface area contributed by atoms with Crippen LogP contribution in [0.25, 0.3) is 0 Å². The second kappa shape index (κ2) is 7.54. The molecule has 2 rings (SSSR count). The molecule has 0 saturated heterocycles. The molecule has 0 bridgehead atoms. The molecule has 5 nitrogen and oxygen atoms in total. The van der Waals surface area contributed by atoms with E-state index in [1.54, 1.807) is 6.20 Å². The van der Waals surface area contributed by atoms with E-state index >= 15 is 0 Å². The standard InChI is InChI=1S/C17H23N5/c1-4-5-7-20-15-6-8-21-17(14(15)9-18)22-16-12(2)10-19-11-13(16)3/h6,8-11,18H,4-5,7H2,1-3H3,(H2,19,20,21,22). The van der Waals surface area contributed by atoms with Crippen molar-refractivity contribution in [1.82, 2.24) is 9.97 Å². The van der Waals surface area contributed by atoms with Crippen molar-refractivity contribution in [1.29, 1.82) is 5.41 Å². The molecular formula is C17H23N5. The SMILES string of the molecule is CCCCNc1ccnc(Nc2c(C)cncc2C)c1C=N. The highest BCUT2D eigenvalue weighted by Crippen LogP contribution is 2.27. The van der Waals surface area contributed by atoms with E-state index in [4.69, 9.17) is 5.41 Å². The van der Waals surface area contributed by atoms with Crippen LogP contribution in [0.3, 0.4) is 0 Å². The number of hydrogen-bond acceptors (Lipinski definition) is 5. The highest BCUT2D eigenvalue weighted by molar-refractivity contribution is 5.93. The zero-order valence-corrected chi connectivity index (χ0v) is 13.4. The fraction of sp³-hybridized carbons (Fsp3) is 0.353. The Hall–Kier alpha value is -2.43. The van der Waals surface area contributed by atoms with Gasteiger partial charge in [0.1, 0.15) is 5.82 Å². The number of aryl methyl sites for hydroxylation is 2. The molecule has 0 aliphatic carbocycles. The van der Waals surface area contributed by atoms with Crippen LogP contribution in [0, 0.1) is 19.3 Å². The molecule has 0 unspecified atom stereocenters. The van der Waals surface area contributed by atoms with E-state index in [2.05, 4.69) is 27.5 Å². The number of rotatable bonds is 7. The topological polar surface area (TPSA) is 73.7 Å². The van der Waals surface area contributed by atoms with Gasteiger partial charge in [-0.15, -0.1) is 0 Å². The van der Waals surface area contributed by atoms with Gasteiger partial charge in [-0.05, 0) is 37.5 Å². The number of aromatic nitrogens is 2. The first-order valence-electron chi connectivity index (χ1n) is 7.59. The lowest BCUT2D eigenvalue weighted by atomic mass is 10.1. The van der Waals surface area contributed by atoms with E-state index in [0.717, 1.165) is 47.5 Å². The third-order valence-electron chi connectivity index (χ3n) is 3.55. The Morgan fingerprint density at radius 1 is 1.23 bits per heavy atom. The lowest BCUT2D eigenvalue weighted by Crippen LogP contribution is -2.08. The number of unbranched alkanes of at least 4 members (excludes halogenated alkanes) is 1. The van der Waals surface area contributed by atoms with Crippen molar-refractivity contribution in [2.45, 2.75) is 33.6 Å². The van der Waals surface area contributed by atoms with Crippen LogP contribution in [0.5, 0.6) is 0 Å². The molecule has 22 heavy (non-hydrogen) atoms. The zero-order valence-electron chi connectivity index (χ0n) is 13.4.